The first kappa shape index (κ1) is 29.5. The van der Waals surface area contributed by atoms with Gasteiger partial charge < -0.3 is 10.1 Å². The topological polar surface area (TPSA) is 57.4 Å². The van der Waals surface area contributed by atoms with Crippen LogP contribution in [0.15, 0.2) is 137 Å². The lowest BCUT2D eigenvalue weighted by atomic mass is 9.65. The van der Waals surface area contributed by atoms with Crippen molar-refractivity contribution < 1.29 is 4.74 Å². The molecular formula is C45H37N3O. The Hall–Kier alpha value is -5.66. The third-order valence-corrected chi connectivity index (χ3v) is 11.2. The van der Waals surface area contributed by atoms with E-state index in [1.165, 1.54) is 61.5 Å². The van der Waals surface area contributed by atoms with Crippen LogP contribution in [0.3, 0.4) is 0 Å². The van der Waals surface area contributed by atoms with E-state index in [2.05, 4.69) is 135 Å². The predicted molar refractivity (Wildman–Crippen MR) is 197 cm³/mol. The number of benzene rings is 5. The zero-order valence-corrected chi connectivity index (χ0v) is 28.0. The molecule has 0 aromatic heterocycles. The molecule has 4 aliphatic rings. The molecule has 1 spiro atoms. The van der Waals surface area contributed by atoms with Crippen molar-refractivity contribution in [2.24, 2.45) is 4.99 Å². The van der Waals surface area contributed by atoms with Crippen molar-refractivity contribution in [3.05, 3.63) is 165 Å². The number of fused-ring (bicyclic) bond motifs is 9. The van der Waals surface area contributed by atoms with Gasteiger partial charge in [-0.1, -0.05) is 84.9 Å². The summed E-state index contributed by atoms with van der Waals surface area (Å²) in [5.41, 5.74) is 16.3. The van der Waals surface area contributed by atoms with Gasteiger partial charge in [0.15, 0.2) is 0 Å². The number of allylic oxidation sites excluding steroid dienone is 4. The lowest BCUT2D eigenvalue weighted by Crippen LogP contribution is -2.32. The second-order valence-corrected chi connectivity index (χ2v) is 13.8. The van der Waals surface area contributed by atoms with Gasteiger partial charge in [-0.05, 0) is 126 Å². The van der Waals surface area contributed by atoms with Gasteiger partial charge >= 0.3 is 0 Å². The highest BCUT2D eigenvalue weighted by molar-refractivity contribution is 6.13. The summed E-state index contributed by atoms with van der Waals surface area (Å²) in [4.78, 5) is 5.00. The Labute approximate surface area is 288 Å². The van der Waals surface area contributed by atoms with Gasteiger partial charge in [0.25, 0.3) is 0 Å². The average molecular weight is 636 g/mol. The van der Waals surface area contributed by atoms with Crippen molar-refractivity contribution >= 4 is 5.71 Å². The van der Waals surface area contributed by atoms with E-state index >= 15 is 0 Å². The Bertz CT molecular complexity index is 2270. The van der Waals surface area contributed by atoms with Crippen LogP contribution < -0.4 is 10.1 Å². The molecule has 2 aliphatic heterocycles. The van der Waals surface area contributed by atoms with E-state index in [4.69, 9.17) is 9.73 Å². The Morgan fingerprint density at radius 1 is 0.776 bits per heavy atom. The third kappa shape index (κ3) is 4.46. The summed E-state index contributed by atoms with van der Waals surface area (Å²) in [6.07, 6.45) is 5.67. The summed E-state index contributed by atoms with van der Waals surface area (Å²) >= 11 is 0. The summed E-state index contributed by atoms with van der Waals surface area (Å²) in [5.74, 6) is 2.23. The Morgan fingerprint density at radius 3 is 2.10 bits per heavy atom. The highest BCUT2D eigenvalue weighted by atomic mass is 16.5. The fourth-order valence-electron chi connectivity index (χ4n) is 8.68. The minimum atomic E-state index is -0.538. The minimum absolute atomic E-state index is 0.106. The maximum Gasteiger partial charge on any atom is 0.132 e. The van der Waals surface area contributed by atoms with Crippen LogP contribution in [0.1, 0.15) is 79.3 Å². The highest BCUT2D eigenvalue weighted by Crippen LogP contribution is 2.62. The van der Waals surface area contributed by atoms with Crippen molar-refractivity contribution in [1.82, 2.24) is 5.32 Å². The maximum atomic E-state index is 9.42. The molecule has 0 fully saturated rings. The molecule has 2 atom stereocenters. The number of ether oxygens (including phenoxy) is 1. The second kappa shape index (κ2) is 11.2. The van der Waals surface area contributed by atoms with Crippen molar-refractivity contribution in [3.8, 4) is 39.8 Å². The number of nitrogens with one attached hydrogen (secondary N) is 1. The van der Waals surface area contributed by atoms with Gasteiger partial charge in [0, 0.05) is 16.8 Å². The van der Waals surface area contributed by atoms with Crippen LogP contribution in [0.2, 0.25) is 0 Å². The van der Waals surface area contributed by atoms with Crippen LogP contribution in [-0.2, 0) is 5.41 Å². The number of hydrogen-bond donors (Lipinski definition) is 1. The quantitative estimate of drug-likeness (QED) is 0.210. The second-order valence-electron chi connectivity index (χ2n) is 13.8. The van der Waals surface area contributed by atoms with E-state index in [0.29, 0.717) is 11.5 Å². The van der Waals surface area contributed by atoms with E-state index < -0.39 is 5.41 Å². The molecule has 49 heavy (non-hydrogen) atoms. The van der Waals surface area contributed by atoms with Gasteiger partial charge in [-0.3, -0.25) is 4.99 Å². The van der Waals surface area contributed by atoms with E-state index in [9.17, 15) is 5.26 Å². The molecule has 0 saturated carbocycles. The fourth-order valence-corrected chi connectivity index (χ4v) is 8.68. The number of nitrogens with zero attached hydrogens (tertiary/aromatic N) is 2. The summed E-state index contributed by atoms with van der Waals surface area (Å²) in [5, 5.41) is 12.9. The lowest BCUT2D eigenvalue weighted by molar-refractivity contribution is 0.436. The average Bonchev–Trinajstić information content (AvgIpc) is 3.42. The monoisotopic (exact) mass is 635 g/mol. The number of para-hydroxylation sites is 2. The number of hydrogen-bond acceptors (Lipinski definition) is 4. The lowest BCUT2D eigenvalue weighted by Gasteiger charge is -2.39. The smallest absolute Gasteiger partial charge is 0.132 e. The molecule has 5 aromatic rings. The highest BCUT2D eigenvalue weighted by Gasteiger charge is 2.51. The molecule has 4 nitrogen and oxygen atoms in total. The molecule has 0 radical (unpaired) electrons. The van der Waals surface area contributed by atoms with Gasteiger partial charge in [-0.2, -0.15) is 5.26 Å². The maximum absolute atomic E-state index is 9.42. The van der Waals surface area contributed by atoms with Crippen LogP contribution in [0.4, 0.5) is 0 Å². The molecule has 5 aromatic carbocycles. The first-order valence-corrected chi connectivity index (χ1v) is 17.3. The molecule has 0 amide bonds. The summed E-state index contributed by atoms with van der Waals surface area (Å²) in [7, 11) is 0. The molecule has 0 saturated heterocycles. The van der Waals surface area contributed by atoms with Gasteiger partial charge in [0.1, 0.15) is 17.7 Å². The minimum Gasteiger partial charge on any atom is -0.457 e. The Kier molecular flexibility index (Phi) is 6.74. The van der Waals surface area contributed by atoms with Crippen LogP contribution >= 0.6 is 0 Å². The van der Waals surface area contributed by atoms with Gasteiger partial charge in [0.2, 0.25) is 0 Å². The summed E-state index contributed by atoms with van der Waals surface area (Å²) in [6, 6.07) is 41.4. The molecule has 2 heterocycles. The van der Waals surface area contributed by atoms with E-state index in [-0.39, 0.29) is 6.17 Å². The molecule has 9 rings (SSSR count). The predicted octanol–water partition coefficient (Wildman–Crippen LogP) is 10.6. The third-order valence-electron chi connectivity index (χ3n) is 11.2. The number of nitriles is 1. The van der Waals surface area contributed by atoms with Crippen LogP contribution in [-0.4, -0.2) is 11.9 Å². The fraction of sp³-hybridized carbons (Fsp3) is 0.200. The van der Waals surface area contributed by atoms with Crippen LogP contribution in [0.25, 0.3) is 22.3 Å². The SMILES string of the molecule is CC1=C(C)C(C2=CCC(c3ccc4c(c3)C3(c5ccccc5Oc5ccccc53)c3cc(-c5ccc(C#N)cc5)ccc3-4)CC2)=NC(C)N1. The van der Waals surface area contributed by atoms with Crippen LogP contribution in [0.5, 0.6) is 11.5 Å². The molecule has 2 aliphatic carbocycles. The van der Waals surface area contributed by atoms with Crippen LogP contribution in [0, 0.1) is 11.3 Å². The van der Waals surface area contributed by atoms with E-state index in [0.717, 1.165) is 41.9 Å². The standard InChI is InChI=1S/C45H37N3O/c1-27-28(2)47-29(3)48-44(27)33-18-16-32(17-19-33)35-21-23-37-36-22-20-34(31-14-12-30(26-46)13-15-31)24-40(36)45(41(37)25-35)38-8-4-6-10-42(38)49-43-11-7-5-9-39(43)45/h4-15,18,20-25,29,32,47H,16-17,19H2,1-3H3. The number of rotatable bonds is 3. The van der Waals surface area contributed by atoms with E-state index in [1.54, 1.807) is 0 Å². The number of aliphatic imine (C=N–C) groups is 1. The van der Waals surface area contributed by atoms with Crippen molar-refractivity contribution in [2.75, 3.05) is 0 Å². The normalized spacial score (nSPS) is 19.7. The van der Waals surface area contributed by atoms with Crippen molar-refractivity contribution in [1.29, 1.82) is 5.26 Å². The Morgan fingerprint density at radius 2 is 1.43 bits per heavy atom. The molecule has 1 N–H and O–H groups in total. The van der Waals surface area contributed by atoms with Gasteiger partial charge in [-0.15, -0.1) is 0 Å². The molecule has 0 bridgehead atoms. The van der Waals surface area contributed by atoms with Gasteiger partial charge in [0.05, 0.1) is 22.8 Å². The Balaban J connectivity index is 1.21. The summed E-state index contributed by atoms with van der Waals surface area (Å²) in [6.45, 7) is 6.47. The molecule has 2 unspecified atom stereocenters. The van der Waals surface area contributed by atoms with Crippen molar-refractivity contribution in [3.63, 3.8) is 0 Å². The van der Waals surface area contributed by atoms with Gasteiger partial charge in [-0.25, -0.2) is 0 Å². The first-order valence-electron chi connectivity index (χ1n) is 17.3. The molecular weight excluding hydrogens is 599 g/mol. The summed E-state index contributed by atoms with van der Waals surface area (Å²) < 4.78 is 6.62. The first-order chi connectivity index (χ1) is 23.9. The zero-order chi connectivity index (χ0) is 33.3. The molecule has 4 heteroatoms. The molecule has 238 valence electrons. The van der Waals surface area contributed by atoms with E-state index in [1.807, 2.05) is 12.1 Å². The van der Waals surface area contributed by atoms with Crippen molar-refractivity contribution in [2.45, 2.75) is 57.5 Å². The zero-order valence-electron chi connectivity index (χ0n) is 28.0. The largest absolute Gasteiger partial charge is 0.457 e.